The quantitative estimate of drug-likeness (QED) is 0.387. The Hall–Kier alpha value is -2.84. The van der Waals surface area contributed by atoms with Crippen molar-refractivity contribution in [3.05, 3.63) is 68.7 Å². The molecule has 1 atom stereocenters. The van der Waals surface area contributed by atoms with Gasteiger partial charge < -0.3 is 4.90 Å². The van der Waals surface area contributed by atoms with Crippen LogP contribution in [0.3, 0.4) is 0 Å². The molecule has 164 valence electrons. The van der Waals surface area contributed by atoms with Gasteiger partial charge in [0.1, 0.15) is 18.0 Å². The third kappa shape index (κ3) is 3.47. The van der Waals surface area contributed by atoms with Gasteiger partial charge in [-0.05, 0) is 68.2 Å². The van der Waals surface area contributed by atoms with Crippen molar-refractivity contribution >= 4 is 46.0 Å². The van der Waals surface area contributed by atoms with Crippen LogP contribution in [0.1, 0.15) is 26.2 Å². The molecule has 0 saturated carbocycles. The second-order valence-electron chi connectivity index (χ2n) is 8.20. The highest BCUT2D eigenvalue weighted by atomic mass is 32.1. The maximum Gasteiger partial charge on any atom is 0.262 e. The Morgan fingerprint density at radius 1 is 1.16 bits per heavy atom. The Balaban J connectivity index is 1.77. The molecule has 0 bridgehead atoms. The van der Waals surface area contributed by atoms with E-state index in [0.29, 0.717) is 27.0 Å². The second-order valence-corrected chi connectivity index (χ2v) is 9.85. The average Bonchev–Trinajstić information content (AvgIpc) is 3.14. The molecule has 4 aromatic rings. The Labute approximate surface area is 193 Å². The molecular formula is C24H22FN3O2S2. The molecule has 2 aromatic carbocycles. The maximum atomic E-state index is 13.6. The number of hydrogen-bond donors (Lipinski definition) is 0. The first-order valence-electron chi connectivity index (χ1n) is 10.7. The molecule has 2 aromatic heterocycles. The predicted octanol–water partition coefficient (Wildman–Crippen LogP) is 5.25. The Bertz CT molecular complexity index is 1450. The number of benzene rings is 2. The topological polar surface area (TPSA) is 46.7 Å². The van der Waals surface area contributed by atoms with E-state index in [1.165, 1.54) is 28.0 Å². The van der Waals surface area contributed by atoms with E-state index in [0.717, 1.165) is 29.7 Å². The number of likely N-dealkylation sites (tertiary alicyclic amines) is 1. The number of amides is 1. The van der Waals surface area contributed by atoms with Gasteiger partial charge in [-0.2, -0.15) is 0 Å². The van der Waals surface area contributed by atoms with E-state index in [2.05, 4.69) is 6.92 Å². The highest BCUT2D eigenvalue weighted by Gasteiger charge is 2.26. The van der Waals surface area contributed by atoms with Crippen LogP contribution >= 0.6 is 23.6 Å². The molecule has 1 saturated heterocycles. The van der Waals surface area contributed by atoms with E-state index < -0.39 is 0 Å². The summed E-state index contributed by atoms with van der Waals surface area (Å²) in [6.07, 6.45) is 3.06. The van der Waals surface area contributed by atoms with E-state index >= 15 is 0 Å². The number of para-hydroxylation sites is 1. The molecule has 32 heavy (non-hydrogen) atoms. The van der Waals surface area contributed by atoms with Gasteiger partial charge in [-0.3, -0.25) is 18.6 Å². The fourth-order valence-electron chi connectivity index (χ4n) is 4.54. The lowest BCUT2D eigenvalue weighted by Crippen LogP contribution is -2.44. The van der Waals surface area contributed by atoms with Crippen molar-refractivity contribution in [3.8, 4) is 10.4 Å². The van der Waals surface area contributed by atoms with Crippen LogP contribution in [0.25, 0.3) is 27.0 Å². The van der Waals surface area contributed by atoms with Crippen LogP contribution in [0.2, 0.25) is 0 Å². The van der Waals surface area contributed by atoms with E-state index in [1.807, 2.05) is 27.5 Å². The summed E-state index contributed by atoms with van der Waals surface area (Å²) in [6, 6.07) is 13.6. The van der Waals surface area contributed by atoms with E-state index in [9.17, 15) is 14.0 Å². The number of carbonyl (C=O) groups excluding carboxylic acids is 1. The van der Waals surface area contributed by atoms with Crippen molar-refractivity contribution < 1.29 is 9.18 Å². The van der Waals surface area contributed by atoms with Crippen molar-refractivity contribution in [1.82, 2.24) is 13.9 Å². The summed E-state index contributed by atoms with van der Waals surface area (Å²) in [6.45, 7) is 2.71. The van der Waals surface area contributed by atoms with Gasteiger partial charge in [0, 0.05) is 12.6 Å². The first-order valence-corrected chi connectivity index (χ1v) is 11.9. The Kier molecular flexibility index (Phi) is 5.43. The van der Waals surface area contributed by atoms with Crippen LogP contribution in [0.5, 0.6) is 0 Å². The lowest BCUT2D eigenvalue weighted by molar-refractivity contribution is -0.135. The number of halogens is 1. The standard InChI is InChI=1S/C24H22FN3O2S2/c1-15-6-4-5-13-26(15)20(29)14-27-22-21(16-9-11-17(25)12-10-16)32-24(31)28(22)19-8-3-2-7-18(19)23(27)30/h2-3,7-12,15H,4-6,13-14H2,1H3. The largest absolute Gasteiger partial charge is 0.338 e. The van der Waals surface area contributed by atoms with Crippen LogP contribution in [-0.2, 0) is 11.3 Å². The molecule has 0 N–H and O–H groups in total. The first-order chi connectivity index (χ1) is 15.5. The smallest absolute Gasteiger partial charge is 0.262 e. The fraction of sp³-hybridized carbons (Fsp3) is 0.292. The molecule has 0 spiro atoms. The molecule has 1 fully saturated rings. The van der Waals surface area contributed by atoms with Crippen molar-refractivity contribution in [2.75, 3.05) is 6.54 Å². The van der Waals surface area contributed by atoms with E-state index in [4.69, 9.17) is 12.2 Å². The van der Waals surface area contributed by atoms with Gasteiger partial charge in [0.15, 0.2) is 3.95 Å². The summed E-state index contributed by atoms with van der Waals surface area (Å²) in [5, 5.41) is 0.513. The number of aromatic nitrogens is 2. The van der Waals surface area contributed by atoms with Gasteiger partial charge in [-0.15, -0.1) is 11.3 Å². The van der Waals surface area contributed by atoms with Crippen LogP contribution in [0, 0.1) is 9.77 Å². The third-order valence-corrected chi connectivity index (χ3v) is 7.60. The SMILES string of the molecule is CC1CCCCN1C(=O)Cn1c(=O)c2ccccc2n2c(=S)sc(-c3ccc(F)cc3)c12. The summed E-state index contributed by atoms with van der Waals surface area (Å²) >= 11 is 7.04. The fourth-order valence-corrected chi connectivity index (χ4v) is 5.98. The molecule has 5 nitrogen and oxygen atoms in total. The molecule has 8 heteroatoms. The van der Waals surface area contributed by atoms with Gasteiger partial charge in [0.25, 0.3) is 5.56 Å². The van der Waals surface area contributed by atoms with Gasteiger partial charge in [0.2, 0.25) is 5.91 Å². The Morgan fingerprint density at radius 2 is 1.91 bits per heavy atom. The highest BCUT2D eigenvalue weighted by Crippen LogP contribution is 2.33. The number of rotatable bonds is 3. The maximum absolute atomic E-state index is 13.6. The lowest BCUT2D eigenvalue weighted by atomic mass is 10.0. The van der Waals surface area contributed by atoms with Crippen LogP contribution in [-0.4, -0.2) is 32.4 Å². The molecule has 5 rings (SSSR count). The molecule has 0 aliphatic carbocycles. The number of piperidine rings is 1. The van der Waals surface area contributed by atoms with E-state index in [-0.39, 0.29) is 29.9 Å². The lowest BCUT2D eigenvalue weighted by Gasteiger charge is -2.33. The van der Waals surface area contributed by atoms with Crippen LogP contribution in [0.4, 0.5) is 4.39 Å². The van der Waals surface area contributed by atoms with Gasteiger partial charge >= 0.3 is 0 Å². The highest BCUT2D eigenvalue weighted by molar-refractivity contribution is 7.73. The molecule has 1 aliphatic heterocycles. The number of nitrogens with zero attached hydrogens (tertiary/aromatic N) is 3. The summed E-state index contributed by atoms with van der Waals surface area (Å²) in [4.78, 5) is 29.5. The zero-order chi connectivity index (χ0) is 22.4. The van der Waals surface area contributed by atoms with Crippen molar-refractivity contribution in [1.29, 1.82) is 0 Å². The van der Waals surface area contributed by atoms with Gasteiger partial charge in [0.05, 0.1) is 15.8 Å². The van der Waals surface area contributed by atoms with Crippen molar-refractivity contribution in [3.63, 3.8) is 0 Å². The normalized spacial score (nSPS) is 16.7. The van der Waals surface area contributed by atoms with Crippen LogP contribution in [0.15, 0.2) is 53.3 Å². The summed E-state index contributed by atoms with van der Waals surface area (Å²) in [7, 11) is 0. The number of carbonyl (C=O) groups is 1. The minimum atomic E-state index is -0.335. The average molecular weight is 468 g/mol. The number of hydrogen-bond acceptors (Lipinski definition) is 4. The minimum absolute atomic E-state index is 0.0583. The molecule has 1 unspecified atom stereocenters. The third-order valence-electron chi connectivity index (χ3n) is 6.19. The zero-order valence-electron chi connectivity index (χ0n) is 17.6. The van der Waals surface area contributed by atoms with Gasteiger partial charge in [-0.25, -0.2) is 4.39 Å². The molecular weight excluding hydrogens is 445 g/mol. The van der Waals surface area contributed by atoms with Crippen molar-refractivity contribution in [2.24, 2.45) is 0 Å². The minimum Gasteiger partial charge on any atom is -0.338 e. The summed E-state index contributed by atoms with van der Waals surface area (Å²) < 4.78 is 17.5. The summed E-state index contributed by atoms with van der Waals surface area (Å²) in [5.74, 6) is -0.406. The van der Waals surface area contributed by atoms with E-state index in [1.54, 1.807) is 18.2 Å². The predicted molar refractivity (Wildman–Crippen MR) is 128 cm³/mol. The molecule has 3 heterocycles. The molecule has 0 radical (unpaired) electrons. The second kappa shape index (κ2) is 8.26. The zero-order valence-corrected chi connectivity index (χ0v) is 19.2. The number of fused-ring (bicyclic) bond motifs is 3. The van der Waals surface area contributed by atoms with Gasteiger partial charge in [-0.1, -0.05) is 24.3 Å². The first kappa shape index (κ1) is 21.0. The van der Waals surface area contributed by atoms with Crippen molar-refractivity contribution in [2.45, 2.75) is 38.8 Å². The molecule has 1 amide bonds. The van der Waals surface area contributed by atoms with Crippen LogP contribution < -0.4 is 5.56 Å². The number of thiazole rings is 1. The Morgan fingerprint density at radius 3 is 2.66 bits per heavy atom. The monoisotopic (exact) mass is 467 g/mol. The molecule has 1 aliphatic rings. The summed E-state index contributed by atoms with van der Waals surface area (Å²) in [5.41, 5.74) is 1.81.